The first-order valence-corrected chi connectivity index (χ1v) is 5.30. The van der Waals surface area contributed by atoms with E-state index in [4.69, 9.17) is 0 Å². The van der Waals surface area contributed by atoms with Crippen LogP contribution in [0.1, 0.15) is 19.4 Å². The van der Waals surface area contributed by atoms with Crippen molar-refractivity contribution in [1.82, 2.24) is 0 Å². The fourth-order valence-electron chi connectivity index (χ4n) is 1.95. The second-order valence-electron chi connectivity index (χ2n) is 3.56. The molecule has 0 amide bonds. The normalized spacial score (nSPS) is 12.0. The minimum atomic E-state index is 1.30. The van der Waals surface area contributed by atoms with Crippen LogP contribution in [-0.2, 0) is 0 Å². The summed E-state index contributed by atoms with van der Waals surface area (Å²) < 4.78 is 0. The van der Waals surface area contributed by atoms with E-state index in [2.05, 4.69) is 68.8 Å². The largest absolute Gasteiger partial charge is 0.0835 e. The number of fused-ring (bicyclic) bond motifs is 1. The third kappa shape index (κ3) is 1.80. The second-order valence-corrected chi connectivity index (χ2v) is 3.56. The Labute approximate surface area is 91.2 Å². The molecule has 0 aliphatic heterocycles. The SMILES string of the molecule is C[CH]/C(=C/C)c1cccc2ccccc12. The zero-order valence-corrected chi connectivity index (χ0v) is 9.20. The molecule has 75 valence electrons. The van der Waals surface area contributed by atoms with E-state index in [1.807, 2.05) is 0 Å². The molecule has 1 radical (unpaired) electrons. The molecule has 0 atom stereocenters. The minimum absolute atomic E-state index is 1.30. The summed E-state index contributed by atoms with van der Waals surface area (Å²) in [6, 6.07) is 15.0. The lowest BCUT2D eigenvalue weighted by molar-refractivity contribution is 1.51. The third-order valence-corrected chi connectivity index (χ3v) is 2.72. The molecule has 2 rings (SSSR count). The summed E-state index contributed by atoms with van der Waals surface area (Å²) in [4.78, 5) is 0. The van der Waals surface area contributed by atoms with Crippen molar-refractivity contribution >= 4 is 16.3 Å². The standard InChI is InChI=1S/C15H15/c1-3-12(4-2)14-11-7-9-13-8-5-6-10-15(13)14/h3-11H,1-2H3/b12-3-. The van der Waals surface area contributed by atoms with Gasteiger partial charge >= 0.3 is 0 Å². The van der Waals surface area contributed by atoms with Crippen LogP contribution in [0.5, 0.6) is 0 Å². The fourth-order valence-corrected chi connectivity index (χ4v) is 1.95. The smallest absolute Gasteiger partial charge is 0.0109 e. The molecule has 2 aromatic carbocycles. The van der Waals surface area contributed by atoms with Crippen molar-refractivity contribution in [3.05, 3.63) is 60.5 Å². The lowest BCUT2D eigenvalue weighted by Gasteiger charge is -2.08. The number of hydrogen-bond acceptors (Lipinski definition) is 0. The Morgan fingerprint density at radius 1 is 0.933 bits per heavy atom. The maximum atomic E-state index is 2.18. The van der Waals surface area contributed by atoms with Crippen LogP contribution in [-0.4, -0.2) is 0 Å². The maximum Gasteiger partial charge on any atom is -0.0109 e. The Hall–Kier alpha value is -1.56. The van der Waals surface area contributed by atoms with E-state index in [1.54, 1.807) is 0 Å². The first kappa shape index (κ1) is 9.97. The van der Waals surface area contributed by atoms with Crippen LogP contribution in [0.3, 0.4) is 0 Å². The Morgan fingerprint density at radius 3 is 2.40 bits per heavy atom. The summed E-state index contributed by atoms with van der Waals surface area (Å²) in [5.41, 5.74) is 2.62. The van der Waals surface area contributed by atoms with E-state index in [0.29, 0.717) is 0 Å². The molecule has 15 heavy (non-hydrogen) atoms. The maximum absolute atomic E-state index is 2.18. The summed E-state index contributed by atoms with van der Waals surface area (Å²) in [7, 11) is 0. The molecule has 0 heteroatoms. The van der Waals surface area contributed by atoms with Crippen LogP contribution in [0.15, 0.2) is 48.5 Å². The number of allylic oxidation sites excluding steroid dienone is 2. The van der Waals surface area contributed by atoms with Crippen molar-refractivity contribution in [3.8, 4) is 0 Å². The van der Waals surface area contributed by atoms with Gasteiger partial charge in [-0.2, -0.15) is 0 Å². The average Bonchev–Trinajstić information content (AvgIpc) is 2.31. The highest BCUT2D eigenvalue weighted by molar-refractivity contribution is 5.95. The molecule has 2 aromatic rings. The summed E-state index contributed by atoms with van der Waals surface area (Å²) in [6.45, 7) is 4.16. The summed E-state index contributed by atoms with van der Waals surface area (Å²) in [6.07, 6.45) is 4.31. The molecule has 0 unspecified atom stereocenters. The number of rotatable bonds is 2. The van der Waals surface area contributed by atoms with Crippen LogP contribution in [0.25, 0.3) is 16.3 Å². The van der Waals surface area contributed by atoms with Gasteiger partial charge in [-0.3, -0.25) is 0 Å². The van der Waals surface area contributed by atoms with E-state index >= 15 is 0 Å². The molecule has 0 nitrogen and oxygen atoms in total. The Bertz CT molecular complexity index is 487. The van der Waals surface area contributed by atoms with Gasteiger partial charge in [0.25, 0.3) is 0 Å². The highest BCUT2D eigenvalue weighted by atomic mass is 14.1. The summed E-state index contributed by atoms with van der Waals surface area (Å²) >= 11 is 0. The molecule has 0 fully saturated rings. The van der Waals surface area contributed by atoms with Gasteiger partial charge in [-0.05, 0) is 35.3 Å². The number of hydrogen-bond donors (Lipinski definition) is 0. The summed E-state index contributed by atoms with van der Waals surface area (Å²) in [5.74, 6) is 0. The predicted octanol–water partition coefficient (Wildman–Crippen LogP) is 4.47. The molecule has 0 aliphatic carbocycles. The second kappa shape index (κ2) is 4.31. The lowest BCUT2D eigenvalue weighted by atomic mass is 9.97. The molecule has 0 N–H and O–H groups in total. The first-order chi connectivity index (χ1) is 7.36. The molecule has 0 aromatic heterocycles. The van der Waals surface area contributed by atoms with Gasteiger partial charge in [-0.15, -0.1) is 0 Å². The monoisotopic (exact) mass is 195 g/mol. The van der Waals surface area contributed by atoms with E-state index in [0.717, 1.165) is 0 Å². The van der Waals surface area contributed by atoms with Crippen molar-refractivity contribution in [2.75, 3.05) is 0 Å². The van der Waals surface area contributed by atoms with Crippen molar-refractivity contribution in [2.24, 2.45) is 0 Å². The average molecular weight is 195 g/mol. The van der Waals surface area contributed by atoms with Gasteiger partial charge in [0, 0.05) is 0 Å². The zero-order valence-electron chi connectivity index (χ0n) is 9.20. The van der Waals surface area contributed by atoms with Crippen LogP contribution in [0, 0.1) is 6.42 Å². The van der Waals surface area contributed by atoms with Gasteiger partial charge in [-0.25, -0.2) is 0 Å². The molecule has 0 heterocycles. The third-order valence-electron chi connectivity index (χ3n) is 2.72. The lowest BCUT2D eigenvalue weighted by Crippen LogP contribution is -1.85. The summed E-state index contributed by atoms with van der Waals surface area (Å²) in [5, 5.41) is 2.63. The quantitative estimate of drug-likeness (QED) is 0.663. The molecular formula is C15H15. The topological polar surface area (TPSA) is 0 Å². The van der Waals surface area contributed by atoms with Gasteiger partial charge in [0.1, 0.15) is 0 Å². The van der Waals surface area contributed by atoms with Crippen molar-refractivity contribution in [1.29, 1.82) is 0 Å². The van der Waals surface area contributed by atoms with E-state index < -0.39 is 0 Å². The molecule has 0 bridgehead atoms. The first-order valence-electron chi connectivity index (χ1n) is 5.30. The van der Waals surface area contributed by atoms with Gasteiger partial charge in [0.05, 0.1) is 0 Å². The highest BCUT2D eigenvalue weighted by Crippen LogP contribution is 2.26. The molecule has 0 spiro atoms. The Kier molecular flexibility index (Phi) is 2.86. The zero-order chi connectivity index (χ0) is 10.7. The minimum Gasteiger partial charge on any atom is -0.0835 e. The van der Waals surface area contributed by atoms with Crippen molar-refractivity contribution in [3.63, 3.8) is 0 Å². The van der Waals surface area contributed by atoms with Gasteiger partial charge in [0.15, 0.2) is 0 Å². The van der Waals surface area contributed by atoms with Crippen LogP contribution in [0.2, 0.25) is 0 Å². The van der Waals surface area contributed by atoms with E-state index in [-0.39, 0.29) is 0 Å². The van der Waals surface area contributed by atoms with Crippen LogP contribution >= 0.6 is 0 Å². The van der Waals surface area contributed by atoms with Crippen LogP contribution in [0.4, 0.5) is 0 Å². The predicted molar refractivity (Wildman–Crippen MR) is 67.6 cm³/mol. The van der Waals surface area contributed by atoms with Gasteiger partial charge in [0.2, 0.25) is 0 Å². The van der Waals surface area contributed by atoms with Gasteiger partial charge < -0.3 is 0 Å². The molecule has 0 aliphatic rings. The van der Waals surface area contributed by atoms with E-state index in [9.17, 15) is 0 Å². The number of benzene rings is 2. The molecular weight excluding hydrogens is 180 g/mol. The van der Waals surface area contributed by atoms with Gasteiger partial charge in [-0.1, -0.05) is 55.5 Å². The Morgan fingerprint density at radius 2 is 1.67 bits per heavy atom. The van der Waals surface area contributed by atoms with Crippen molar-refractivity contribution < 1.29 is 0 Å². The highest BCUT2D eigenvalue weighted by Gasteiger charge is 2.02. The Balaban J connectivity index is 2.71. The fraction of sp³-hybridized carbons (Fsp3) is 0.133. The molecule has 0 saturated carbocycles. The van der Waals surface area contributed by atoms with Crippen LogP contribution < -0.4 is 0 Å². The van der Waals surface area contributed by atoms with Crippen molar-refractivity contribution in [2.45, 2.75) is 13.8 Å². The molecule has 0 saturated heterocycles. The van der Waals surface area contributed by atoms with E-state index in [1.165, 1.54) is 21.9 Å².